The van der Waals surface area contributed by atoms with Gasteiger partial charge in [0, 0.05) is 6.42 Å². The Labute approximate surface area is 124 Å². The van der Waals surface area contributed by atoms with Gasteiger partial charge in [0.2, 0.25) is 0 Å². The van der Waals surface area contributed by atoms with E-state index in [-0.39, 0.29) is 11.6 Å². The SMILES string of the molecule is COC(=O)CCCCCCC/C=C/CCOC(C)(C)C. The molecule has 0 N–H and O–H groups in total. The fourth-order valence-electron chi connectivity index (χ4n) is 1.83. The van der Waals surface area contributed by atoms with Crippen molar-refractivity contribution in [3.8, 4) is 0 Å². The van der Waals surface area contributed by atoms with Gasteiger partial charge in [-0.2, -0.15) is 0 Å². The summed E-state index contributed by atoms with van der Waals surface area (Å²) in [6, 6.07) is 0. The number of carbonyl (C=O) groups excluding carboxylic acids is 1. The minimum atomic E-state index is -0.0922. The topological polar surface area (TPSA) is 35.5 Å². The summed E-state index contributed by atoms with van der Waals surface area (Å²) in [6.07, 6.45) is 12.9. The van der Waals surface area contributed by atoms with Gasteiger partial charge in [0.1, 0.15) is 0 Å². The Morgan fingerprint density at radius 2 is 1.55 bits per heavy atom. The van der Waals surface area contributed by atoms with Crippen molar-refractivity contribution >= 4 is 5.97 Å². The summed E-state index contributed by atoms with van der Waals surface area (Å²) in [7, 11) is 1.45. The lowest BCUT2D eigenvalue weighted by Gasteiger charge is -2.18. The van der Waals surface area contributed by atoms with Crippen LogP contribution in [0.5, 0.6) is 0 Å². The van der Waals surface area contributed by atoms with Gasteiger partial charge < -0.3 is 9.47 Å². The van der Waals surface area contributed by atoms with Crippen LogP contribution in [0.15, 0.2) is 12.2 Å². The second-order valence-electron chi connectivity index (χ2n) is 6.10. The summed E-state index contributed by atoms with van der Waals surface area (Å²) in [5.41, 5.74) is -0.0297. The third-order valence-corrected chi connectivity index (χ3v) is 2.97. The molecule has 20 heavy (non-hydrogen) atoms. The molecule has 0 amide bonds. The molecule has 0 aromatic heterocycles. The molecule has 0 rings (SSSR count). The van der Waals surface area contributed by atoms with E-state index < -0.39 is 0 Å². The standard InChI is InChI=1S/C17H32O3/c1-17(2,3)20-15-13-11-9-7-5-6-8-10-12-14-16(18)19-4/h9,11H,5-8,10,12-15H2,1-4H3/b11-9+. The number of methoxy groups -OCH3 is 1. The van der Waals surface area contributed by atoms with Crippen molar-refractivity contribution in [3.05, 3.63) is 12.2 Å². The van der Waals surface area contributed by atoms with E-state index in [2.05, 4.69) is 37.7 Å². The molecule has 0 radical (unpaired) electrons. The molecule has 118 valence electrons. The molecule has 0 saturated carbocycles. The van der Waals surface area contributed by atoms with Crippen molar-refractivity contribution in [2.45, 2.75) is 77.7 Å². The number of carbonyl (C=O) groups is 1. The normalized spacial score (nSPS) is 12.0. The number of ether oxygens (including phenoxy) is 2. The first-order valence-electron chi connectivity index (χ1n) is 7.81. The predicted molar refractivity (Wildman–Crippen MR) is 83.8 cm³/mol. The van der Waals surface area contributed by atoms with Gasteiger partial charge in [-0.25, -0.2) is 0 Å². The van der Waals surface area contributed by atoms with Crippen LogP contribution in [0.25, 0.3) is 0 Å². The number of hydrogen-bond acceptors (Lipinski definition) is 3. The van der Waals surface area contributed by atoms with Crippen molar-refractivity contribution in [1.82, 2.24) is 0 Å². The van der Waals surface area contributed by atoms with Crippen molar-refractivity contribution in [1.29, 1.82) is 0 Å². The van der Waals surface area contributed by atoms with Crippen LogP contribution in [0, 0.1) is 0 Å². The maximum Gasteiger partial charge on any atom is 0.305 e. The molecule has 0 aromatic carbocycles. The molecule has 0 heterocycles. The van der Waals surface area contributed by atoms with Gasteiger partial charge in [0.05, 0.1) is 19.3 Å². The zero-order valence-electron chi connectivity index (χ0n) is 13.7. The summed E-state index contributed by atoms with van der Waals surface area (Å²) in [5.74, 6) is -0.0922. The number of allylic oxidation sites excluding steroid dienone is 1. The lowest BCUT2D eigenvalue weighted by molar-refractivity contribution is -0.140. The van der Waals surface area contributed by atoms with Gasteiger partial charge in [0.25, 0.3) is 0 Å². The van der Waals surface area contributed by atoms with E-state index in [0.717, 1.165) is 32.3 Å². The number of rotatable bonds is 11. The molecule has 0 aliphatic carbocycles. The largest absolute Gasteiger partial charge is 0.469 e. The van der Waals surface area contributed by atoms with Gasteiger partial charge in [0.15, 0.2) is 0 Å². The van der Waals surface area contributed by atoms with E-state index in [0.29, 0.717) is 6.42 Å². The molecule has 0 aliphatic heterocycles. The third kappa shape index (κ3) is 15.2. The van der Waals surface area contributed by atoms with Gasteiger partial charge in [-0.15, -0.1) is 0 Å². The Morgan fingerprint density at radius 1 is 0.950 bits per heavy atom. The molecular formula is C17H32O3. The molecule has 3 heteroatoms. The number of hydrogen-bond donors (Lipinski definition) is 0. The molecule has 0 spiro atoms. The highest BCUT2D eigenvalue weighted by molar-refractivity contribution is 5.68. The van der Waals surface area contributed by atoms with Crippen LogP contribution in [-0.2, 0) is 14.3 Å². The fraction of sp³-hybridized carbons (Fsp3) is 0.824. The van der Waals surface area contributed by atoms with E-state index in [9.17, 15) is 4.79 Å². The molecule has 0 unspecified atom stereocenters. The Balaban J connectivity index is 3.22. The zero-order chi connectivity index (χ0) is 15.3. The van der Waals surface area contributed by atoms with Crippen LogP contribution < -0.4 is 0 Å². The van der Waals surface area contributed by atoms with E-state index in [1.165, 1.54) is 26.4 Å². The zero-order valence-corrected chi connectivity index (χ0v) is 13.7. The maximum absolute atomic E-state index is 10.9. The van der Waals surface area contributed by atoms with E-state index in [4.69, 9.17) is 4.74 Å². The molecule has 3 nitrogen and oxygen atoms in total. The van der Waals surface area contributed by atoms with Gasteiger partial charge in [-0.1, -0.05) is 31.4 Å². The second kappa shape index (κ2) is 12.0. The van der Waals surface area contributed by atoms with Crippen LogP contribution in [0.3, 0.4) is 0 Å². The van der Waals surface area contributed by atoms with Crippen LogP contribution in [0.1, 0.15) is 72.1 Å². The molecule has 0 aromatic rings. The minimum Gasteiger partial charge on any atom is -0.469 e. The van der Waals surface area contributed by atoms with E-state index in [1.54, 1.807) is 0 Å². The maximum atomic E-state index is 10.9. The van der Waals surface area contributed by atoms with Crippen molar-refractivity contribution in [2.24, 2.45) is 0 Å². The van der Waals surface area contributed by atoms with Crippen molar-refractivity contribution in [3.63, 3.8) is 0 Å². The summed E-state index contributed by atoms with van der Waals surface area (Å²) >= 11 is 0. The highest BCUT2D eigenvalue weighted by atomic mass is 16.5. The fourth-order valence-corrected chi connectivity index (χ4v) is 1.83. The molecule has 0 bridgehead atoms. The molecule has 0 saturated heterocycles. The molecule has 0 atom stereocenters. The Morgan fingerprint density at radius 3 is 2.20 bits per heavy atom. The summed E-state index contributed by atoms with van der Waals surface area (Å²) < 4.78 is 10.2. The molecular weight excluding hydrogens is 252 g/mol. The number of esters is 1. The monoisotopic (exact) mass is 284 g/mol. The first-order valence-corrected chi connectivity index (χ1v) is 7.81. The smallest absolute Gasteiger partial charge is 0.305 e. The lowest BCUT2D eigenvalue weighted by atomic mass is 10.1. The third-order valence-electron chi connectivity index (χ3n) is 2.97. The van der Waals surface area contributed by atoms with Crippen LogP contribution in [0.2, 0.25) is 0 Å². The Hall–Kier alpha value is -0.830. The first kappa shape index (κ1) is 19.2. The van der Waals surface area contributed by atoms with Gasteiger partial charge in [-0.3, -0.25) is 4.79 Å². The molecule has 0 fully saturated rings. The van der Waals surface area contributed by atoms with Crippen LogP contribution in [0.4, 0.5) is 0 Å². The first-order chi connectivity index (χ1) is 9.45. The van der Waals surface area contributed by atoms with E-state index in [1.807, 2.05) is 0 Å². The molecule has 0 aliphatic rings. The van der Waals surface area contributed by atoms with Gasteiger partial charge >= 0.3 is 5.97 Å². The summed E-state index contributed by atoms with van der Waals surface area (Å²) in [4.78, 5) is 10.9. The van der Waals surface area contributed by atoms with Crippen LogP contribution >= 0.6 is 0 Å². The van der Waals surface area contributed by atoms with E-state index >= 15 is 0 Å². The average molecular weight is 284 g/mol. The van der Waals surface area contributed by atoms with Crippen LogP contribution in [-0.4, -0.2) is 25.3 Å². The van der Waals surface area contributed by atoms with Crippen molar-refractivity contribution < 1.29 is 14.3 Å². The second-order valence-corrected chi connectivity index (χ2v) is 6.10. The average Bonchev–Trinajstić information content (AvgIpc) is 2.38. The highest BCUT2D eigenvalue weighted by Gasteiger charge is 2.07. The minimum absolute atomic E-state index is 0.0297. The number of unbranched alkanes of at least 4 members (excludes halogenated alkanes) is 5. The Kier molecular flexibility index (Phi) is 11.5. The van der Waals surface area contributed by atoms with Gasteiger partial charge in [-0.05, 0) is 46.5 Å². The predicted octanol–water partition coefficient (Wildman–Crippen LogP) is 4.65. The highest BCUT2D eigenvalue weighted by Crippen LogP contribution is 2.09. The lowest BCUT2D eigenvalue weighted by Crippen LogP contribution is -2.19. The van der Waals surface area contributed by atoms with Crippen molar-refractivity contribution in [2.75, 3.05) is 13.7 Å². The summed E-state index contributed by atoms with van der Waals surface area (Å²) in [5, 5.41) is 0. The Bertz CT molecular complexity index is 264. The quantitative estimate of drug-likeness (QED) is 0.315. The summed E-state index contributed by atoms with van der Waals surface area (Å²) in [6.45, 7) is 7.04.